The number of nitrogens with one attached hydrogen (secondary N) is 1. The topological polar surface area (TPSA) is 49.3 Å². The second kappa shape index (κ2) is 5.54. The van der Waals surface area contributed by atoms with Gasteiger partial charge in [-0.2, -0.15) is 0 Å². The Balaban J connectivity index is 2.06. The van der Waals surface area contributed by atoms with E-state index in [1.807, 2.05) is 25.1 Å². The van der Waals surface area contributed by atoms with E-state index in [4.69, 9.17) is 5.11 Å². The van der Waals surface area contributed by atoms with Crippen molar-refractivity contribution in [3.63, 3.8) is 0 Å². The molecule has 0 bridgehead atoms. The van der Waals surface area contributed by atoms with E-state index in [2.05, 4.69) is 27.3 Å². The van der Waals surface area contributed by atoms with Gasteiger partial charge >= 0.3 is 5.97 Å². The van der Waals surface area contributed by atoms with Gasteiger partial charge in [0.05, 0.1) is 0 Å². The Labute approximate surface area is 118 Å². The minimum absolute atomic E-state index is 0.370. The number of carboxylic acid groups (broad SMARTS) is 1. The standard InChI is InChI=1S/C13H12BrNO2S/c1-8-2-4-10(14)11(6-8)15-7-9-3-5-12(18-9)13(16)17/h2-6,15H,7H2,1H3,(H,16,17). The zero-order valence-corrected chi connectivity index (χ0v) is 12.1. The molecule has 5 heteroatoms. The Morgan fingerprint density at radius 2 is 2.17 bits per heavy atom. The van der Waals surface area contributed by atoms with E-state index in [9.17, 15) is 4.79 Å². The van der Waals surface area contributed by atoms with Crippen LogP contribution in [-0.4, -0.2) is 11.1 Å². The second-order valence-electron chi connectivity index (χ2n) is 3.91. The van der Waals surface area contributed by atoms with Crippen LogP contribution < -0.4 is 5.32 Å². The number of anilines is 1. The van der Waals surface area contributed by atoms with E-state index in [0.717, 1.165) is 15.0 Å². The van der Waals surface area contributed by atoms with Crippen LogP contribution in [0, 0.1) is 6.92 Å². The van der Waals surface area contributed by atoms with Crippen molar-refractivity contribution < 1.29 is 9.90 Å². The molecule has 2 N–H and O–H groups in total. The maximum atomic E-state index is 10.8. The normalized spacial score (nSPS) is 10.3. The van der Waals surface area contributed by atoms with E-state index in [-0.39, 0.29) is 0 Å². The molecule has 0 aliphatic carbocycles. The number of aromatic carboxylic acids is 1. The summed E-state index contributed by atoms with van der Waals surface area (Å²) in [5.41, 5.74) is 2.19. The van der Waals surface area contributed by atoms with Gasteiger partial charge in [-0.1, -0.05) is 6.07 Å². The van der Waals surface area contributed by atoms with Gasteiger partial charge in [0.1, 0.15) is 4.88 Å². The van der Waals surface area contributed by atoms with Gasteiger partial charge in [-0.25, -0.2) is 4.79 Å². The van der Waals surface area contributed by atoms with Crippen molar-refractivity contribution in [2.24, 2.45) is 0 Å². The fraction of sp³-hybridized carbons (Fsp3) is 0.154. The van der Waals surface area contributed by atoms with E-state index in [1.54, 1.807) is 6.07 Å². The third kappa shape index (κ3) is 3.11. The summed E-state index contributed by atoms with van der Waals surface area (Å²) in [6.07, 6.45) is 0. The molecule has 1 aromatic carbocycles. The van der Waals surface area contributed by atoms with Crippen LogP contribution in [0.3, 0.4) is 0 Å². The zero-order valence-electron chi connectivity index (χ0n) is 9.74. The van der Waals surface area contributed by atoms with Crippen molar-refractivity contribution in [2.45, 2.75) is 13.5 Å². The van der Waals surface area contributed by atoms with Gasteiger partial charge in [0, 0.05) is 21.6 Å². The smallest absolute Gasteiger partial charge is 0.345 e. The Morgan fingerprint density at radius 3 is 2.83 bits per heavy atom. The second-order valence-corrected chi connectivity index (χ2v) is 5.93. The molecule has 0 fully saturated rings. The first-order valence-corrected chi connectivity index (χ1v) is 6.99. The van der Waals surface area contributed by atoms with Crippen molar-refractivity contribution in [3.8, 4) is 0 Å². The summed E-state index contributed by atoms with van der Waals surface area (Å²) in [4.78, 5) is 12.1. The third-order valence-electron chi connectivity index (χ3n) is 2.45. The molecular weight excluding hydrogens is 314 g/mol. The molecule has 3 nitrogen and oxygen atoms in total. The van der Waals surface area contributed by atoms with Crippen LogP contribution in [0.4, 0.5) is 5.69 Å². The molecule has 0 saturated carbocycles. The lowest BCUT2D eigenvalue weighted by Gasteiger charge is -2.08. The average molecular weight is 326 g/mol. The Bertz CT molecular complexity index is 580. The summed E-state index contributed by atoms with van der Waals surface area (Å²) in [5, 5.41) is 12.1. The molecule has 0 spiro atoms. The Morgan fingerprint density at radius 1 is 1.39 bits per heavy atom. The highest BCUT2D eigenvalue weighted by Crippen LogP contribution is 2.25. The summed E-state index contributed by atoms with van der Waals surface area (Å²) in [7, 11) is 0. The van der Waals surface area contributed by atoms with Crippen LogP contribution in [0.15, 0.2) is 34.8 Å². The highest BCUT2D eigenvalue weighted by molar-refractivity contribution is 9.10. The summed E-state index contributed by atoms with van der Waals surface area (Å²) >= 11 is 4.77. The predicted octanol–water partition coefficient (Wildman–Crippen LogP) is 4.13. The summed E-state index contributed by atoms with van der Waals surface area (Å²) in [6, 6.07) is 9.55. The first-order valence-electron chi connectivity index (χ1n) is 5.38. The van der Waals surface area contributed by atoms with Crippen LogP contribution in [0.5, 0.6) is 0 Å². The first kappa shape index (κ1) is 13.1. The fourth-order valence-corrected chi connectivity index (χ4v) is 2.72. The lowest BCUT2D eigenvalue weighted by molar-refractivity contribution is 0.0702. The first-order chi connectivity index (χ1) is 8.56. The molecule has 0 radical (unpaired) electrons. The lowest BCUT2D eigenvalue weighted by atomic mass is 10.2. The van der Waals surface area contributed by atoms with Crippen molar-refractivity contribution in [3.05, 3.63) is 50.1 Å². The molecule has 1 aromatic heterocycles. The quantitative estimate of drug-likeness (QED) is 0.888. The lowest BCUT2D eigenvalue weighted by Crippen LogP contribution is -1.98. The Kier molecular flexibility index (Phi) is 4.04. The number of halogens is 1. The van der Waals surface area contributed by atoms with E-state index < -0.39 is 5.97 Å². The zero-order chi connectivity index (χ0) is 13.1. The Hall–Kier alpha value is -1.33. The summed E-state index contributed by atoms with van der Waals surface area (Å²) in [5.74, 6) is -0.872. The number of carboxylic acids is 1. The fourth-order valence-electron chi connectivity index (χ4n) is 1.54. The van der Waals surface area contributed by atoms with E-state index >= 15 is 0 Å². The number of benzene rings is 1. The van der Waals surface area contributed by atoms with Gasteiger partial charge in [-0.05, 0) is 52.7 Å². The maximum Gasteiger partial charge on any atom is 0.345 e. The van der Waals surface area contributed by atoms with Gasteiger partial charge in [0.25, 0.3) is 0 Å². The highest BCUT2D eigenvalue weighted by atomic mass is 79.9. The number of thiophene rings is 1. The van der Waals surface area contributed by atoms with E-state index in [0.29, 0.717) is 11.4 Å². The molecule has 1 heterocycles. The molecule has 0 saturated heterocycles. The molecule has 2 rings (SSSR count). The number of hydrogen-bond acceptors (Lipinski definition) is 3. The third-order valence-corrected chi connectivity index (χ3v) is 4.21. The summed E-state index contributed by atoms with van der Waals surface area (Å²) < 4.78 is 1.00. The van der Waals surface area contributed by atoms with Crippen molar-refractivity contribution in [1.29, 1.82) is 0 Å². The summed E-state index contributed by atoms with van der Waals surface area (Å²) in [6.45, 7) is 2.66. The minimum atomic E-state index is -0.872. The monoisotopic (exact) mass is 325 g/mol. The van der Waals surface area contributed by atoms with Crippen LogP contribution in [0.2, 0.25) is 0 Å². The van der Waals surface area contributed by atoms with Gasteiger partial charge in [0.15, 0.2) is 0 Å². The SMILES string of the molecule is Cc1ccc(Br)c(NCc2ccc(C(=O)O)s2)c1. The molecule has 2 aromatic rings. The number of hydrogen-bond donors (Lipinski definition) is 2. The maximum absolute atomic E-state index is 10.8. The minimum Gasteiger partial charge on any atom is -0.477 e. The number of aryl methyl sites for hydroxylation is 1. The van der Waals surface area contributed by atoms with Crippen molar-refractivity contribution in [1.82, 2.24) is 0 Å². The van der Waals surface area contributed by atoms with Crippen LogP contribution in [0.25, 0.3) is 0 Å². The molecule has 94 valence electrons. The molecule has 18 heavy (non-hydrogen) atoms. The number of carbonyl (C=O) groups is 1. The van der Waals surface area contributed by atoms with Crippen molar-refractivity contribution >= 4 is 38.9 Å². The molecule has 0 aliphatic heterocycles. The molecule has 0 atom stereocenters. The van der Waals surface area contributed by atoms with Gasteiger partial charge in [-0.15, -0.1) is 11.3 Å². The van der Waals surface area contributed by atoms with Crippen molar-refractivity contribution in [2.75, 3.05) is 5.32 Å². The highest BCUT2D eigenvalue weighted by Gasteiger charge is 2.07. The molecular formula is C13H12BrNO2S. The van der Waals surface area contributed by atoms with Crippen LogP contribution >= 0.6 is 27.3 Å². The van der Waals surface area contributed by atoms with Crippen LogP contribution in [0.1, 0.15) is 20.1 Å². The predicted molar refractivity (Wildman–Crippen MR) is 77.5 cm³/mol. The van der Waals surface area contributed by atoms with Crippen LogP contribution in [-0.2, 0) is 6.54 Å². The average Bonchev–Trinajstić information content (AvgIpc) is 2.79. The number of rotatable bonds is 4. The van der Waals surface area contributed by atoms with E-state index in [1.165, 1.54) is 16.9 Å². The molecule has 0 amide bonds. The van der Waals surface area contributed by atoms with Gasteiger partial charge < -0.3 is 10.4 Å². The van der Waals surface area contributed by atoms with Gasteiger partial charge in [-0.3, -0.25) is 0 Å². The molecule has 0 aliphatic rings. The largest absolute Gasteiger partial charge is 0.477 e. The molecule has 0 unspecified atom stereocenters. The van der Waals surface area contributed by atoms with Gasteiger partial charge in [0.2, 0.25) is 0 Å².